The number of nitrogens with zero attached hydrogens (tertiary/aromatic N) is 6. The maximum atomic E-state index is 10.7. The lowest BCUT2D eigenvalue weighted by Crippen LogP contribution is -2.03. The SMILES string of the molecule is CCCn1c(SCn2cc([N+](=O)[O-])cn2)nnc1-c1ccco1. The molecule has 3 aromatic rings. The fraction of sp³-hybridized carbons (Fsp3) is 0.308. The molecule has 23 heavy (non-hydrogen) atoms. The lowest BCUT2D eigenvalue weighted by atomic mass is 10.4. The third-order valence-corrected chi connectivity index (χ3v) is 4.02. The normalized spacial score (nSPS) is 11.0. The van der Waals surface area contributed by atoms with Crippen LogP contribution in [0.15, 0.2) is 40.4 Å². The molecule has 9 nitrogen and oxygen atoms in total. The molecule has 3 rings (SSSR count). The Morgan fingerprint density at radius 2 is 2.30 bits per heavy atom. The molecular formula is C13H14N6O3S. The highest BCUT2D eigenvalue weighted by atomic mass is 32.2. The molecule has 0 spiro atoms. The van der Waals surface area contributed by atoms with Crippen molar-refractivity contribution in [1.82, 2.24) is 24.5 Å². The number of aromatic nitrogens is 5. The molecule has 0 unspecified atom stereocenters. The minimum absolute atomic E-state index is 0.0306. The summed E-state index contributed by atoms with van der Waals surface area (Å²) in [7, 11) is 0. The number of nitro groups is 1. The topological polar surface area (TPSA) is 105 Å². The van der Waals surface area contributed by atoms with Crippen molar-refractivity contribution in [3.05, 3.63) is 40.9 Å². The fourth-order valence-electron chi connectivity index (χ4n) is 2.05. The summed E-state index contributed by atoms with van der Waals surface area (Å²) in [4.78, 5) is 10.2. The monoisotopic (exact) mass is 334 g/mol. The summed E-state index contributed by atoms with van der Waals surface area (Å²) >= 11 is 1.41. The number of hydrogen-bond donors (Lipinski definition) is 0. The van der Waals surface area contributed by atoms with E-state index in [0.29, 0.717) is 17.5 Å². The Morgan fingerprint density at radius 1 is 1.43 bits per heavy atom. The van der Waals surface area contributed by atoms with Crippen molar-refractivity contribution in [2.24, 2.45) is 0 Å². The van der Waals surface area contributed by atoms with Crippen LogP contribution in [-0.2, 0) is 12.4 Å². The van der Waals surface area contributed by atoms with Crippen molar-refractivity contribution >= 4 is 17.4 Å². The second-order valence-electron chi connectivity index (χ2n) is 4.70. The Morgan fingerprint density at radius 3 is 2.96 bits per heavy atom. The van der Waals surface area contributed by atoms with Gasteiger partial charge in [0.15, 0.2) is 16.7 Å². The van der Waals surface area contributed by atoms with Gasteiger partial charge in [-0.2, -0.15) is 5.10 Å². The summed E-state index contributed by atoms with van der Waals surface area (Å²) in [5, 5.41) is 23.7. The van der Waals surface area contributed by atoms with Crippen LogP contribution >= 0.6 is 11.8 Å². The molecule has 0 aromatic carbocycles. The smallest absolute Gasteiger partial charge is 0.307 e. The van der Waals surface area contributed by atoms with Gasteiger partial charge in [0.25, 0.3) is 0 Å². The zero-order valence-corrected chi connectivity index (χ0v) is 13.1. The van der Waals surface area contributed by atoms with Gasteiger partial charge in [-0.1, -0.05) is 18.7 Å². The van der Waals surface area contributed by atoms with E-state index in [0.717, 1.165) is 18.1 Å². The van der Waals surface area contributed by atoms with Gasteiger partial charge in [-0.3, -0.25) is 19.4 Å². The summed E-state index contributed by atoms with van der Waals surface area (Å²) in [6, 6.07) is 3.64. The van der Waals surface area contributed by atoms with Crippen molar-refractivity contribution in [2.45, 2.75) is 30.9 Å². The van der Waals surface area contributed by atoms with Crippen molar-refractivity contribution in [3.63, 3.8) is 0 Å². The highest BCUT2D eigenvalue weighted by Crippen LogP contribution is 2.25. The van der Waals surface area contributed by atoms with Crippen LogP contribution < -0.4 is 0 Å². The van der Waals surface area contributed by atoms with E-state index in [9.17, 15) is 10.1 Å². The minimum atomic E-state index is -0.469. The molecule has 0 atom stereocenters. The van der Waals surface area contributed by atoms with Gasteiger partial charge in [-0.15, -0.1) is 10.2 Å². The van der Waals surface area contributed by atoms with Crippen LogP contribution in [0.1, 0.15) is 13.3 Å². The molecule has 0 radical (unpaired) electrons. The highest BCUT2D eigenvalue weighted by Gasteiger charge is 2.16. The van der Waals surface area contributed by atoms with Crippen molar-refractivity contribution in [2.75, 3.05) is 0 Å². The maximum absolute atomic E-state index is 10.7. The molecule has 0 saturated carbocycles. The van der Waals surface area contributed by atoms with Crippen LogP contribution in [-0.4, -0.2) is 29.5 Å². The van der Waals surface area contributed by atoms with Crippen LogP contribution in [0.4, 0.5) is 5.69 Å². The van der Waals surface area contributed by atoms with Crippen molar-refractivity contribution < 1.29 is 9.34 Å². The fourth-order valence-corrected chi connectivity index (χ4v) is 2.87. The Bertz CT molecular complexity index is 795. The van der Waals surface area contributed by atoms with E-state index in [2.05, 4.69) is 22.2 Å². The summed E-state index contributed by atoms with van der Waals surface area (Å²) < 4.78 is 8.86. The number of furan rings is 1. The molecule has 120 valence electrons. The van der Waals surface area contributed by atoms with E-state index in [4.69, 9.17) is 4.42 Å². The molecule has 0 aliphatic heterocycles. The first-order valence-electron chi connectivity index (χ1n) is 6.95. The number of rotatable bonds is 7. The first-order valence-corrected chi connectivity index (χ1v) is 7.94. The number of thioether (sulfide) groups is 1. The average Bonchev–Trinajstić information content (AvgIpc) is 3.26. The van der Waals surface area contributed by atoms with Gasteiger partial charge >= 0.3 is 5.69 Å². The van der Waals surface area contributed by atoms with E-state index < -0.39 is 4.92 Å². The molecular weight excluding hydrogens is 320 g/mol. The predicted octanol–water partition coefficient (Wildman–Crippen LogP) is 2.80. The van der Waals surface area contributed by atoms with Crippen LogP contribution in [0.25, 0.3) is 11.6 Å². The second-order valence-corrected chi connectivity index (χ2v) is 5.62. The van der Waals surface area contributed by atoms with E-state index in [1.54, 1.807) is 12.3 Å². The standard InChI is InChI=1S/C13H14N6O3S/c1-2-5-18-12(11-4-3-6-22-11)15-16-13(18)23-9-17-8-10(7-14-17)19(20)21/h3-4,6-8H,2,5,9H2,1H3. The van der Waals surface area contributed by atoms with E-state index in [1.807, 2.05) is 10.6 Å². The van der Waals surface area contributed by atoms with E-state index >= 15 is 0 Å². The maximum Gasteiger partial charge on any atom is 0.307 e. The van der Waals surface area contributed by atoms with Gasteiger partial charge in [0.2, 0.25) is 0 Å². The molecule has 0 amide bonds. The van der Waals surface area contributed by atoms with Gasteiger partial charge in [0.1, 0.15) is 12.4 Å². The zero-order chi connectivity index (χ0) is 16.2. The van der Waals surface area contributed by atoms with E-state index in [1.165, 1.54) is 28.8 Å². The molecule has 3 heterocycles. The molecule has 3 aromatic heterocycles. The molecule has 0 aliphatic rings. The molecule has 10 heteroatoms. The minimum Gasteiger partial charge on any atom is -0.461 e. The van der Waals surface area contributed by atoms with Crippen LogP contribution in [0.2, 0.25) is 0 Å². The summed E-state index contributed by atoms with van der Waals surface area (Å²) in [6.07, 6.45) is 5.13. The molecule has 0 fully saturated rings. The molecule has 0 saturated heterocycles. The first kappa shape index (κ1) is 15.3. The van der Waals surface area contributed by atoms with Crippen molar-refractivity contribution in [3.8, 4) is 11.6 Å². The second kappa shape index (κ2) is 6.65. The Balaban J connectivity index is 1.78. The van der Waals surface area contributed by atoms with Crippen LogP contribution in [0.5, 0.6) is 0 Å². The van der Waals surface area contributed by atoms with Gasteiger partial charge in [0, 0.05) is 6.54 Å². The third-order valence-electron chi connectivity index (χ3n) is 3.06. The number of hydrogen-bond acceptors (Lipinski definition) is 7. The van der Waals surface area contributed by atoms with Gasteiger partial charge in [-0.25, -0.2) is 0 Å². The van der Waals surface area contributed by atoms with Gasteiger partial charge in [-0.05, 0) is 18.6 Å². The Kier molecular flexibility index (Phi) is 4.42. The molecule has 0 bridgehead atoms. The lowest BCUT2D eigenvalue weighted by molar-refractivity contribution is -0.385. The van der Waals surface area contributed by atoms with Gasteiger partial charge in [0.05, 0.1) is 17.1 Å². The first-order chi connectivity index (χ1) is 11.2. The Hall–Kier alpha value is -2.62. The predicted molar refractivity (Wildman–Crippen MR) is 82.8 cm³/mol. The quantitative estimate of drug-likeness (QED) is 0.371. The van der Waals surface area contributed by atoms with Gasteiger partial charge < -0.3 is 4.42 Å². The molecule has 0 aliphatic carbocycles. The Labute approximate surface area is 135 Å². The highest BCUT2D eigenvalue weighted by molar-refractivity contribution is 7.98. The average molecular weight is 334 g/mol. The van der Waals surface area contributed by atoms with E-state index in [-0.39, 0.29) is 5.69 Å². The lowest BCUT2D eigenvalue weighted by Gasteiger charge is -2.07. The summed E-state index contributed by atoms with van der Waals surface area (Å²) in [6.45, 7) is 2.82. The van der Waals surface area contributed by atoms with Crippen molar-refractivity contribution in [1.29, 1.82) is 0 Å². The molecule has 0 N–H and O–H groups in total. The largest absolute Gasteiger partial charge is 0.461 e. The van der Waals surface area contributed by atoms with Crippen LogP contribution in [0.3, 0.4) is 0 Å². The summed E-state index contributed by atoms with van der Waals surface area (Å²) in [5.74, 6) is 1.74. The van der Waals surface area contributed by atoms with Crippen LogP contribution in [0, 0.1) is 10.1 Å². The zero-order valence-electron chi connectivity index (χ0n) is 12.3. The summed E-state index contributed by atoms with van der Waals surface area (Å²) in [5.41, 5.74) is -0.0306. The third kappa shape index (κ3) is 3.26.